The zero-order valence-corrected chi connectivity index (χ0v) is 11.6. The molecule has 4 heteroatoms. The normalized spacial score (nSPS) is 21.2. The number of hydrogen-bond donors (Lipinski definition) is 2. The van der Waals surface area contributed by atoms with E-state index in [0.717, 1.165) is 30.8 Å². The third-order valence-corrected chi connectivity index (χ3v) is 3.29. The molecule has 1 amide bonds. The largest absolute Gasteiger partial charge is 0.378 e. The van der Waals surface area contributed by atoms with Crippen LogP contribution in [-0.2, 0) is 16.1 Å². The van der Waals surface area contributed by atoms with E-state index in [0.29, 0.717) is 6.61 Å². The van der Waals surface area contributed by atoms with Crippen molar-refractivity contribution in [3.05, 3.63) is 29.8 Å². The molecule has 1 fully saturated rings. The predicted octanol–water partition coefficient (Wildman–Crippen LogP) is 2.16. The summed E-state index contributed by atoms with van der Waals surface area (Å²) >= 11 is 0. The molecule has 1 aliphatic carbocycles. The molecule has 1 aromatic carbocycles. The van der Waals surface area contributed by atoms with Gasteiger partial charge < -0.3 is 15.4 Å². The maximum Gasteiger partial charge on any atom is 0.230 e. The molecule has 0 radical (unpaired) electrons. The minimum atomic E-state index is 0.0205. The van der Waals surface area contributed by atoms with Gasteiger partial charge in [0.25, 0.3) is 0 Å². The number of amides is 1. The first-order valence-corrected chi connectivity index (χ1v) is 6.97. The Balaban J connectivity index is 1.93. The van der Waals surface area contributed by atoms with Gasteiger partial charge in [-0.1, -0.05) is 25.1 Å². The van der Waals surface area contributed by atoms with E-state index in [1.807, 2.05) is 31.2 Å². The Morgan fingerprint density at radius 3 is 2.89 bits per heavy atom. The second-order valence-electron chi connectivity index (χ2n) is 4.76. The van der Waals surface area contributed by atoms with Crippen LogP contribution in [0.1, 0.15) is 25.8 Å². The van der Waals surface area contributed by atoms with Gasteiger partial charge in [-0.15, -0.1) is 0 Å². The standard InChI is InChI=1S/C15H22N2O2/c1-3-16-10-11-7-5-6-8-13(11)17-15(18)12-9-14(12)19-4-2/h5-8,12,14,16H,3-4,9-10H2,1-2H3,(H,17,18). The molecule has 0 aliphatic heterocycles. The number of hydrogen-bond acceptors (Lipinski definition) is 3. The minimum Gasteiger partial charge on any atom is -0.378 e. The van der Waals surface area contributed by atoms with Crippen LogP contribution in [0.4, 0.5) is 5.69 Å². The topological polar surface area (TPSA) is 50.4 Å². The highest BCUT2D eigenvalue weighted by Gasteiger charge is 2.44. The monoisotopic (exact) mass is 262 g/mol. The summed E-state index contributed by atoms with van der Waals surface area (Å²) in [5.41, 5.74) is 2.02. The van der Waals surface area contributed by atoms with Crippen molar-refractivity contribution in [2.75, 3.05) is 18.5 Å². The lowest BCUT2D eigenvalue weighted by molar-refractivity contribution is -0.118. The van der Waals surface area contributed by atoms with Gasteiger partial charge >= 0.3 is 0 Å². The summed E-state index contributed by atoms with van der Waals surface area (Å²) < 4.78 is 5.45. The highest BCUT2D eigenvalue weighted by molar-refractivity contribution is 5.95. The molecule has 0 aromatic heterocycles. The highest BCUT2D eigenvalue weighted by atomic mass is 16.5. The number of para-hydroxylation sites is 1. The quantitative estimate of drug-likeness (QED) is 0.791. The van der Waals surface area contributed by atoms with Gasteiger partial charge in [0.05, 0.1) is 12.0 Å². The lowest BCUT2D eigenvalue weighted by Crippen LogP contribution is -2.19. The Morgan fingerprint density at radius 1 is 1.37 bits per heavy atom. The molecule has 4 nitrogen and oxygen atoms in total. The Morgan fingerprint density at radius 2 is 2.16 bits per heavy atom. The molecule has 1 saturated carbocycles. The van der Waals surface area contributed by atoms with Crippen LogP contribution in [0.3, 0.4) is 0 Å². The predicted molar refractivity (Wildman–Crippen MR) is 76.0 cm³/mol. The first-order valence-electron chi connectivity index (χ1n) is 6.97. The molecule has 0 bridgehead atoms. The van der Waals surface area contributed by atoms with Crippen LogP contribution in [0, 0.1) is 5.92 Å². The lowest BCUT2D eigenvalue weighted by Gasteiger charge is -2.11. The molecule has 1 aromatic rings. The van der Waals surface area contributed by atoms with Crippen LogP contribution < -0.4 is 10.6 Å². The van der Waals surface area contributed by atoms with Gasteiger partial charge in [-0.25, -0.2) is 0 Å². The molecule has 2 atom stereocenters. The first-order chi connectivity index (χ1) is 9.26. The van der Waals surface area contributed by atoms with E-state index in [1.54, 1.807) is 0 Å². The van der Waals surface area contributed by atoms with Crippen molar-refractivity contribution >= 4 is 11.6 Å². The first kappa shape index (κ1) is 14.0. The van der Waals surface area contributed by atoms with Gasteiger partial charge in [0.1, 0.15) is 0 Å². The summed E-state index contributed by atoms with van der Waals surface area (Å²) in [5.74, 6) is 0.0922. The van der Waals surface area contributed by atoms with E-state index in [2.05, 4.69) is 17.6 Å². The van der Waals surface area contributed by atoms with Crippen molar-refractivity contribution in [1.82, 2.24) is 5.32 Å². The molecule has 19 heavy (non-hydrogen) atoms. The van der Waals surface area contributed by atoms with Gasteiger partial charge in [-0.2, -0.15) is 0 Å². The molecule has 2 unspecified atom stereocenters. The molecule has 0 heterocycles. The molecule has 2 rings (SSSR count). The SMILES string of the molecule is CCNCc1ccccc1NC(=O)C1CC1OCC. The zero-order valence-electron chi connectivity index (χ0n) is 11.6. The van der Waals surface area contributed by atoms with E-state index in [4.69, 9.17) is 4.74 Å². The minimum absolute atomic E-state index is 0.0205. The molecule has 0 spiro atoms. The van der Waals surface area contributed by atoms with Crippen LogP contribution in [0.5, 0.6) is 0 Å². The molecular weight excluding hydrogens is 240 g/mol. The average Bonchev–Trinajstić information content (AvgIpc) is 3.18. The van der Waals surface area contributed by atoms with E-state index in [-0.39, 0.29) is 17.9 Å². The summed E-state index contributed by atoms with van der Waals surface area (Å²) in [7, 11) is 0. The Hall–Kier alpha value is -1.39. The number of carbonyl (C=O) groups excluding carboxylic acids is 1. The van der Waals surface area contributed by atoms with Crippen molar-refractivity contribution in [3.8, 4) is 0 Å². The summed E-state index contributed by atoms with van der Waals surface area (Å²) in [6.45, 7) is 6.38. The van der Waals surface area contributed by atoms with Crippen molar-refractivity contribution in [1.29, 1.82) is 0 Å². The summed E-state index contributed by atoms with van der Waals surface area (Å²) in [6.07, 6.45) is 0.959. The fourth-order valence-electron chi connectivity index (χ4n) is 2.13. The number of nitrogens with one attached hydrogen (secondary N) is 2. The van der Waals surface area contributed by atoms with Crippen LogP contribution in [0.15, 0.2) is 24.3 Å². The van der Waals surface area contributed by atoms with Gasteiger partial charge in [0.15, 0.2) is 0 Å². The van der Waals surface area contributed by atoms with Crippen LogP contribution in [0.25, 0.3) is 0 Å². The summed E-state index contributed by atoms with van der Waals surface area (Å²) in [4.78, 5) is 12.1. The fraction of sp³-hybridized carbons (Fsp3) is 0.533. The maximum atomic E-state index is 12.1. The lowest BCUT2D eigenvalue weighted by atomic mass is 10.1. The van der Waals surface area contributed by atoms with E-state index in [9.17, 15) is 4.79 Å². The van der Waals surface area contributed by atoms with Gasteiger partial charge in [-0.3, -0.25) is 4.79 Å². The number of rotatable bonds is 7. The summed E-state index contributed by atoms with van der Waals surface area (Å²) in [5, 5.41) is 6.29. The van der Waals surface area contributed by atoms with Gasteiger partial charge in [0.2, 0.25) is 5.91 Å². The van der Waals surface area contributed by atoms with Crippen molar-refractivity contribution < 1.29 is 9.53 Å². The second-order valence-corrected chi connectivity index (χ2v) is 4.76. The van der Waals surface area contributed by atoms with Crippen molar-refractivity contribution in [2.24, 2.45) is 5.92 Å². The average molecular weight is 262 g/mol. The highest BCUT2D eigenvalue weighted by Crippen LogP contribution is 2.34. The second kappa shape index (κ2) is 6.68. The summed E-state index contributed by atoms with van der Waals surface area (Å²) in [6, 6.07) is 7.91. The maximum absolute atomic E-state index is 12.1. The van der Waals surface area contributed by atoms with E-state index < -0.39 is 0 Å². The smallest absolute Gasteiger partial charge is 0.230 e. The van der Waals surface area contributed by atoms with E-state index >= 15 is 0 Å². The third-order valence-electron chi connectivity index (χ3n) is 3.29. The number of anilines is 1. The molecule has 104 valence electrons. The van der Waals surface area contributed by atoms with Crippen LogP contribution >= 0.6 is 0 Å². The van der Waals surface area contributed by atoms with E-state index in [1.165, 1.54) is 0 Å². The number of carbonyl (C=O) groups is 1. The Kier molecular flexibility index (Phi) is 4.93. The number of ether oxygens (including phenoxy) is 1. The van der Waals surface area contributed by atoms with Gasteiger partial charge in [0, 0.05) is 18.8 Å². The Bertz CT molecular complexity index is 434. The molecule has 2 N–H and O–H groups in total. The number of benzene rings is 1. The van der Waals surface area contributed by atoms with Crippen molar-refractivity contribution in [3.63, 3.8) is 0 Å². The van der Waals surface area contributed by atoms with Crippen LogP contribution in [0.2, 0.25) is 0 Å². The van der Waals surface area contributed by atoms with Crippen LogP contribution in [-0.4, -0.2) is 25.2 Å². The third kappa shape index (κ3) is 3.78. The molecular formula is C15H22N2O2. The fourth-order valence-corrected chi connectivity index (χ4v) is 2.13. The van der Waals surface area contributed by atoms with Gasteiger partial charge in [-0.05, 0) is 31.5 Å². The molecule has 0 saturated heterocycles. The van der Waals surface area contributed by atoms with Crippen molar-refractivity contribution in [2.45, 2.75) is 32.9 Å². The Labute approximate surface area is 114 Å². The molecule has 1 aliphatic rings. The zero-order chi connectivity index (χ0) is 13.7.